The Morgan fingerprint density at radius 3 is 2.24 bits per heavy atom. The van der Waals surface area contributed by atoms with Gasteiger partial charge in [0.2, 0.25) is 0 Å². The van der Waals surface area contributed by atoms with Crippen molar-refractivity contribution in [2.75, 3.05) is 6.61 Å². The van der Waals surface area contributed by atoms with Crippen molar-refractivity contribution in [3.8, 4) is 5.75 Å². The van der Waals surface area contributed by atoms with E-state index in [0.717, 1.165) is 27.1 Å². The van der Waals surface area contributed by atoms with E-state index in [2.05, 4.69) is 28.7 Å². The van der Waals surface area contributed by atoms with Crippen LogP contribution in [0.1, 0.15) is 5.56 Å². The smallest absolute Gasteiger partial charge is 0.277 e. The molecule has 0 unspecified atom stereocenters. The summed E-state index contributed by atoms with van der Waals surface area (Å²) in [6.45, 7) is -0.213. The number of hydrogen-bond acceptors (Lipinski definition) is 3. The van der Waals surface area contributed by atoms with Crippen molar-refractivity contribution in [3.05, 3.63) is 88.4 Å². The lowest BCUT2D eigenvalue weighted by molar-refractivity contribution is -0.123. The Morgan fingerprint density at radius 2 is 1.59 bits per heavy atom. The first-order chi connectivity index (χ1) is 14.1. The zero-order chi connectivity index (χ0) is 20.2. The third kappa shape index (κ3) is 4.34. The summed E-state index contributed by atoms with van der Waals surface area (Å²) in [6, 6.07) is 23.1. The highest BCUT2D eigenvalue weighted by atomic mass is 35.5. The summed E-state index contributed by atoms with van der Waals surface area (Å²) >= 11 is 11.9. The Morgan fingerprint density at radius 1 is 0.931 bits per heavy atom. The third-order valence-electron chi connectivity index (χ3n) is 4.45. The van der Waals surface area contributed by atoms with Gasteiger partial charge >= 0.3 is 0 Å². The number of ether oxygens (including phenoxy) is 1. The van der Waals surface area contributed by atoms with Crippen molar-refractivity contribution < 1.29 is 9.53 Å². The number of rotatable bonds is 5. The van der Waals surface area contributed by atoms with Crippen molar-refractivity contribution in [1.29, 1.82) is 0 Å². The van der Waals surface area contributed by atoms with Gasteiger partial charge in [-0.15, -0.1) is 0 Å². The normalized spacial score (nSPS) is 11.2. The van der Waals surface area contributed by atoms with Crippen molar-refractivity contribution >= 4 is 56.9 Å². The molecule has 4 aromatic carbocycles. The topological polar surface area (TPSA) is 50.7 Å². The Kier molecular flexibility index (Phi) is 5.65. The zero-order valence-electron chi connectivity index (χ0n) is 15.2. The molecule has 0 radical (unpaired) electrons. The van der Waals surface area contributed by atoms with Gasteiger partial charge in [-0.2, -0.15) is 5.10 Å². The molecule has 0 aliphatic heterocycles. The monoisotopic (exact) mass is 422 g/mol. The second-order valence-electron chi connectivity index (χ2n) is 6.39. The van der Waals surface area contributed by atoms with Crippen LogP contribution >= 0.6 is 23.2 Å². The second-order valence-corrected chi connectivity index (χ2v) is 7.23. The summed E-state index contributed by atoms with van der Waals surface area (Å²) in [4.78, 5) is 12.1. The Balaban J connectivity index is 1.51. The quantitative estimate of drug-likeness (QED) is 0.250. The average Bonchev–Trinajstić information content (AvgIpc) is 2.72. The maximum absolute atomic E-state index is 12.1. The minimum absolute atomic E-state index is 0.213. The lowest BCUT2D eigenvalue weighted by Gasteiger charge is -2.08. The fourth-order valence-electron chi connectivity index (χ4n) is 3.12. The second kappa shape index (κ2) is 8.52. The zero-order valence-corrected chi connectivity index (χ0v) is 16.7. The Labute approximate surface area is 177 Å². The van der Waals surface area contributed by atoms with E-state index in [4.69, 9.17) is 27.9 Å². The third-order valence-corrected chi connectivity index (χ3v) is 4.98. The lowest BCUT2D eigenvalue weighted by Crippen LogP contribution is -2.24. The first-order valence-corrected chi connectivity index (χ1v) is 9.67. The summed E-state index contributed by atoms with van der Waals surface area (Å²) in [5.41, 5.74) is 3.44. The molecule has 0 saturated carbocycles. The fourth-order valence-corrected chi connectivity index (χ4v) is 3.59. The van der Waals surface area contributed by atoms with Gasteiger partial charge in [-0.1, -0.05) is 71.7 Å². The molecule has 0 spiro atoms. The van der Waals surface area contributed by atoms with E-state index in [-0.39, 0.29) is 6.61 Å². The van der Waals surface area contributed by atoms with Gasteiger partial charge in [0.25, 0.3) is 5.91 Å². The van der Waals surface area contributed by atoms with E-state index in [0.29, 0.717) is 15.8 Å². The molecule has 0 aliphatic rings. The molecule has 0 fully saturated rings. The van der Waals surface area contributed by atoms with Gasteiger partial charge < -0.3 is 4.74 Å². The van der Waals surface area contributed by atoms with Crippen LogP contribution in [0.5, 0.6) is 5.75 Å². The molecular weight excluding hydrogens is 407 g/mol. The van der Waals surface area contributed by atoms with Gasteiger partial charge in [-0.25, -0.2) is 5.43 Å². The van der Waals surface area contributed by atoms with E-state index in [9.17, 15) is 4.79 Å². The molecule has 0 heterocycles. The van der Waals surface area contributed by atoms with Crippen LogP contribution in [-0.2, 0) is 4.79 Å². The number of fused-ring (bicyclic) bond motifs is 2. The first-order valence-electron chi connectivity index (χ1n) is 8.92. The van der Waals surface area contributed by atoms with Crippen LogP contribution in [0.2, 0.25) is 10.0 Å². The van der Waals surface area contributed by atoms with Crippen LogP contribution in [0.4, 0.5) is 0 Å². The van der Waals surface area contributed by atoms with Crippen LogP contribution in [-0.4, -0.2) is 18.7 Å². The van der Waals surface area contributed by atoms with Crippen LogP contribution < -0.4 is 10.2 Å². The number of hydrazone groups is 1. The van der Waals surface area contributed by atoms with E-state index >= 15 is 0 Å². The van der Waals surface area contributed by atoms with Crippen molar-refractivity contribution in [1.82, 2.24) is 5.43 Å². The summed E-state index contributed by atoms with van der Waals surface area (Å²) in [5.74, 6) is -0.00736. The average molecular weight is 423 g/mol. The molecule has 1 N–H and O–H groups in total. The Hall–Kier alpha value is -3.08. The number of carbonyl (C=O) groups is 1. The number of amides is 1. The maximum Gasteiger partial charge on any atom is 0.277 e. The molecule has 1 amide bonds. The molecule has 0 atom stereocenters. The predicted octanol–water partition coefficient (Wildman–Crippen LogP) is 5.83. The van der Waals surface area contributed by atoms with Crippen molar-refractivity contribution in [2.24, 2.45) is 5.10 Å². The number of carbonyl (C=O) groups excluding carboxylic acids is 1. The number of nitrogens with zero attached hydrogens (tertiary/aromatic N) is 1. The predicted molar refractivity (Wildman–Crippen MR) is 119 cm³/mol. The summed E-state index contributed by atoms with van der Waals surface area (Å²) in [6.07, 6.45) is 1.66. The summed E-state index contributed by atoms with van der Waals surface area (Å²) < 4.78 is 5.42. The summed E-state index contributed by atoms with van der Waals surface area (Å²) in [7, 11) is 0. The molecule has 0 bridgehead atoms. The molecule has 144 valence electrons. The number of hydrogen-bond donors (Lipinski definition) is 1. The van der Waals surface area contributed by atoms with E-state index < -0.39 is 5.91 Å². The fraction of sp³-hybridized carbons (Fsp3) is 0.0435. The lowest BCUT2D eigenvalue weighted by atomic mass is 9.97. The molecule has 4 aromatic rings. The highest BCUT2D eigenvalue weighted by molar-refractivity contribution is 6.35. The summed E-state index contributed by atoms with van der Waals surface area (Å²) in [5, 5.41) is 9.32. The van der Waals surface area contributed by atoms with Crippen LogP contribution in [0, 0.1) is 0 Å². The van der Waals surface area contributed by atoms with Crippen molar-refractivity contribution in [3.63, 3.8) is 0 Å². The minimum atomic E-state index is -0.392. The van der Waals surface area contributed by atoms with Gasteiger partial charge in [-0.05, 0) is 45.8 Å². The Bertz CT molecular complexity index is 1180. The molecule has 0 saturated heterocycles. The molecule has 29 heavy (non-hydrogen) atoms. The van der Waals surface area contributed by atoms with Crippen LogP contribution in [0.25, 0.3) is 21.5 Å². The SMILES string of the molecule is O=C(COc1ccc(Cl)cc1Cl)NN=Cc1c2ccccc2cc2ccccc12. The van der Waals surface area contributed by atoms with Gasteiger partial charge in [0.05, 0.1) is 11.2 Å². The van der Waals surface area contributed by atoms with Crippen LogP contribution in [0.15, 0.2) is 77.9 Å². The van der Waals surface area contributed by atoms with E-state index in [1.54, 1.807) is 24.4 Å². The van der Waals surface area contributed by atoms with Gasteiger partial charge in [0.1, 0.15) is 5.75 Å². The minimum Gasteiger partial charge on any atom is -0.482 e. The molecule has 6 heteroatoms. The molecule has 0 aliphatic carbocycles. The van der Waals surface area contributed by atoms with Gasteiger partial charge in [0.15, 0.2) is 6.61 Å². The van der Waals surface area contributed by atoms with Gasteiger partial charge in [-0.3, -0.25) is 4.79 Å². The number of halogens is 2. The van der Waals surface area contributed by atoms with Gasteiger partial charge in [0, 0.05) is 10.6 Å². The highest BCUT2D eigenvalue weighted by Gasteiger charge is 2.07. The maximum atomic E-state index is 12.1. The first kappa shape index (κ1) is 19.2. The van der Waals surface area contributed by atoms with Crippen LogP contribution in [0.3, 0.4) is 0 Å². The van der Waals surface area contributed by atoms with E-state index in [1.165, 1.54) is 0 Å². The molecule has 0 aromatic heterocycles. The number of nitrogens with one attached hydrogen (secondary N) is 1. The molecule has 4 nitrogen and oxygen atoms in total. The molecule has 4 rings (SSSR count). The van der Waals surface area contributed by atoms with Crippen molar-refractivity contribution in [2.45, 2.75) is 0 Å². The molecular formula is C23H16Cl2N2O2. The largest absolute Gasteiger partial charge is 0.482 e. The van der Waals surface area contributed by atoms with E-state index in [1.807, 2.05) is 36.4 Å². The standard InChI is InChI=1S/C23H16Cl2N2O2/c24-17-9-10-22(21(25)12-17)29-14-23(28)27-26-13-20-18-7-3-1-5-15(18)11-16-6-2-4-8-19(16)20/h1-13H,14H2,(H,27,28). The highest BCUT2D eigenvalue weighted by Crippen LogP contribution is 2.28. The number of benzene rings is 4.